The van der Waals surface area contributed by atoms with Gasteiger partial charge >= 0.3 is 0 Å². The van der Waals surface area contributed by atoms with Crippen LogP contribution in [0.15, 0.2) is 0 Å². The molecule has 0 aromatic heterocycles. The van der Waals surface area contributed by atoms with Crippen LogP contribution in [0, 0.1) is 23.7 Å². The molecule has 0 bridgehead atoms. The summed E-state index contributed by atoms with van der Waals surface area (Å²) in [7, 11) is 0. The molecule has 1 fully saturated rings. The molecule has 123 heavy (non-hydrogen) atoms. The van der Waals surface area contributed by atoms with Gasteiger partial charge in [0.2, 0.25) is 118 Å². The number of hydrogen-bond acceptors (Lipinski definition) is 21. The van der Waals surface area contributed by atoms with Crippen molar-refractivity contribution in [3.05, 3.63) is 0 Å². The van der Waals surface area contributed by atoms with Gasteiger partial charge in [0, 0.05) is 26.3 Å². The van der Waals surface area contributed by atoms with E-state index in [4.69, 9.17) is 11.5 Å². The highest BCUT2D eigenvalue weighted by molar-refractivity contribution is 6.04. The number of hydrogen-bond donors (Lipinski definition) is 20. The maximum Gasteiger partial charge on any atom is 0.248 e. The van der Waals surface area contributed by atoms with Crippen LogP contribution in [0.2, 0.25) is 0 Å². The van der Waals surface area contributed by atoms with E-state index in [1.165, 1.54) is 116 Å². The third kappa shape index (κ3) is 36.4. The van der Waals surface area contributed by atoms with Gasteiger partial charge in [-0.05, 0) is 192 Å². The molecule has 0 unspecified atom stereocenters. The maximum atomic E-state index is 14.5. The fourth-order valence-electron chi connectivity index (χ4n) is 12.7. The lowest BCUT2D eigenvalue weighted by Crippen LogP contribution is -2.66. The molecule has 0 aliphatic carbocycles. The Morgan fingerprint density at radius 1 is 0.374 bits per heavy atom. The zero-order chi connectivity index (χ0) is 95.4. The van der Waals surface area contributed by atoms with Crippen LogP contribution in [0.25, 0.3) is 0 Å². The van der Waals surface area contributed by atoms with Crippen LogP contribution >= 0.6 is 0 Å². The van der Waals surface area contributed by atoms with Crippen molar-refractivity contribution in [2.24, 2.45) is 35.1 Å². The normalized spacial score (nSPS) is 15.9. The zero-order valence-electron chi connectivity index (χ0n) is 77.0. The summed E-state index contributed by atoms with van der Waals surface area (Å²) in [5.41, 5.74) is -2.98. The molecular formula is C82H144N20O21. The van der Waals surface area contributed by atoms with Crippen molar-refractivity contribution in [2.75, 3.05) is 26.2 Å². The highest BCUT2D eigenvalue weighted by atomic mass is 16.3. The van der Waals surface area contributed by atoms with Crippen LogP contribution in [0.5, 0.6) is 0 Å². The van der Waals surface area contributed by atoms with Gasteiger partial charge in [-0.15, -0.1) is 0 Å². The number of carbonyl (C=O) groups is 20. The minimum atomic E-state index is -1.85. The first-order valence-corrected chi connectivity index (χ1v) is 41.9. The third-order valence-corrected chi connectivity index (χ3v) is 20.6. The summed E-state index contributed by atoms with van der Waals surface area (Å²) >= 11 is 0. The molecular weight excluding hydrogens is 1600 g/mol. The van der Waals surface area contributed by atoms with E-state index >= 15 is 0 Å². The van der Waals surface area contributed by atoms with E-state index in [-0.39, 0.29) is 81.6 Å². The molecule has 41 heteroatoms. The van der Waals surface area contributed by atoms with Crippen molar-refractivity contribution in [3.63, 3.8) is 0 Å². The highest BCUT2D eigenvalue weighted by Crippen LogP contribution is 2.25. The fraction of sp³-hybridized carbons (Fsp3) is 0.756. The van der Waals surface area contributed by atoms with Crippen LogP contribution in [-0.4, -0.2) is 247 Å². The van der Waals surface area contributed by atoms with E-state index in [2.05, 4.69) is 90.4 Å². The Morgan fingerprint density at radius 2 is 0.740 bits per heavy atom. The van der Waals surface area contributed by atoms with E-state index in [1.54, 1.807) is 55.4 Å². The molecule has 0 aromatic carbocycles. The number of nitrogens with one attached hydrogen (secondary N) is 17. The fourth-order valence-corrected chi connectivity index (χ4v) is 12.7. The first-order valence-electron chi connectivity index (χ1n) is 41.9. The van der Waals surface area contributed by atoms with Gasteiger partial charge in [-0.25, -0.2) is 0 Å². The molecule has 0 saturated carbocycles. The maximum absolute atomic E-state index is 14.5. The number of aliphatic hydroxyl groups excluding tert-OH is 1. The first-order chi connectivity index (χ1) is 56.2. The van der Waals surface area contributed by atoms with Crippen molar-refractivity contribution in [1.82, 2.24) is 95.3 Å². The average Bonchev–Trinajstić information content (AvgIpc) is 1.73. The van der Waals surface area contributed by atoms with Gasteiger partial charge in [0.1, 0.15) is 86.6 Å². The number of primary amides is 2. The van der Waals surface area contributed by atoms with Gasteiger partial charge in [-0.3, -0.25) is 95.9 Å². The van der Waals surface area contributed by atoms with Gasteiger partial charge in [-0.1, -0.05) is 69.2 Å². The SMILES string of the molecule is CC[C@](C)(NC(=O)CNC(=O)C(C)(C)NC(=O)[C@H](CC(C)C)NC(=O)[C@](C)(CC)NC(=O)[C@H](CCC(N)=O)NC(=O)C(C)(C)NC(=O)[C@H](CC(C)C)NC(=O)[C@H](C)NC(=O)CNC(=O)C(C)(C)NC(C)=O)C(=O)NC(C)(C)C(=O)N1CCC[C@H]1C(=O)N[C@@H](CC(C)C)C(=O)NC(C)(C)C(=O)NC(C)(C)C(=O)N[C@@H](CCC(N)=O)C(=O)N[C@H](CO)CC(C)C. The molecule has 1 aliphatic heterocycles. The minimum Gasteiger partial charge on any atom is -0.394 e. The second-order valence-corrected chi connectivity index (χ2v) is 37.1. The quantitative estimate of drug-likeness (QED) is 0.0294. The van der Waals surface area contributed by atoms with Crippen molar-refractivity contribution < 1.29 is 101 Å². The molecule has 0 spiro atoms. The lowest BCUT2D eigenvalue weighted by Gasteiger charge is -2.37. The van der Waals surface area contributed by atoms with Crippen LogP contribution in [0.4, 0.5) is 0 Å². The molecule has 0 radical (unpaired) electrons. The highest BCUT2D eigenvalue weighted by Gasteiger charge is 2.48. The van der Waals surface area contributed by atoms with Crippen LogP contribution in [0.3, 0.4) is 0 Å². The predicted octanol–water partition coefficient (Wildman–Crippen LogP) is -2.71. The largest absolute Gasteiger partial charge is 0.394 e. The minimum absolute atomic E-state index is 0.0159. The summed E-state index contributed by atoms with van der Waals surface area (Å²) in [6.45, 7) is 37.4. The second-order valence-electron chi connectivity index (χ2n) is 37.1. The van der Waals surface area contributed by atoms with Crippen molar-refractivity contribution in [1.29, 1.82) is 0 Å². The van der Waals surface area contributed by atoms with Crippen molar-refractivity contribution in [3.8, 4) is 0 Å². The molecule has 698 valence electrons. The molecule has 1 rings (SSSR count). The van der Waals surface area contributed by atoms with E-state index in [0.717, 1.165) is 0 Å². The predicted molar refractivity (Wildman–Crippen MR) is 454 cm³/mol. The average molecular weight is 1750 g/mol. The number of rotatable bonds is 51. The summed E-state index contributed by atoms with van der Waals surface area (Å²) in [4.78, 5) is 273. The summed E-state index contributed by atoms with van der Waals surface area (Å²) in [5, 5.41) is 53.7. The summed E-state index contributed by atoms with van der Waals surface area (Å²) < 4.78 is 0. The zero-order valence-corrected chi connectivity index (χ0v) is 77.0. The van der Waals surface area contributed by atoms with Crippen LogP contribution in [0.1, 0.15) is 257 Å². The van der Waals surface area contributed by atoms with Crippen LogP contribution < -0.4 is 102 Å². The smallest absolute Gasteiger partial charge is 0.248 e. The Balaban J connectivity index is 3.26. The second kappa shape index (κ2) is 47.3. The van der Waals surface area contributed by atoms with Crippen molar-refractivity contribution in [2.45, 2.75) is 350 Å². The van der Waals surface area contributed by atoms with E-state index in [1.807, 2.05) is 13.8 Å². The topological polar surface area (TPSA) is 621 Å². The van der Waals surface area contributed by atoms with E-state index in [0.29, 0.717) is 12.8 Å². The first kappa shape index (κ1) is 110. The van der Waals surface area contributed by atoms with Gasteiger partial charge in [0.05, 0.1) is 25.7 Å². The molecule has 1 heterocycles. The molecule has 41 nitrogen and oxygen atoms in total. The Labute approximate surface area is 722 Å². The summed E-state index contributed by atoms with van der Waals surface area (Å²) in [6.07, 6.45) is -0.510. The van der Waals surface area contributed by atoms with Crippen molar-refractivity contribution >= 4 is 118 Å². The number of nitrogens with two attached hydrogens (primary N) is 2. The Morgan fingerprint density at radius 3 is 1.16 bits per heavy atom. The van der Waals surface area contributed by atoms with Gasteiger partial charge < -0.3 is 112 Å². The number of likely N-dealkylation sites (tertiary alicyclic amines) is 1. The lowest BCUT2D eigenvalue weighted by molar-refractivity contribution is -0.146. The standard InChI is InChI=1S/C82H144N20O21/c1-27-81(25,99-62(111)51(32-34-57(84)106)92-69(118)77(17,18)97-63(112)52(37-44(5)6)89-60(109)47(11)87-58(107)40-85-67(116)75(13,14)94-48(12)104)72(121)93-54(39-46(9)10)65(114)96-76(15,16)68(117)86-41-59(108)95-82(26,28-2)73(122)101-80(23,24)74(123)102-35-29-30-55(102)66(115)90-53(38-45(7)8)64(113)98-79(21,22)71(120)100-78(19,20)70(119)91-50(31-33-56(83)105)61(110)88-49(42-103)36-43(3)4/h43-47,49-55,103H,27-42H2,1-26H3,(H2,83,105)(H2,84,106)(H,85,116)(H,86,117)(H,87,107)(H,88,110)(H,89,109)(H,90,115)(H,91,119)(H,92,118)(H,93,121)(H,94,104)(H,95,108)(H,96,114)(H,97,112)(H,98,113)(H,99,111)(H,100,120)(H,101,122)/t47-,49-,50-,51-,52-,53-,54-,55-,81-,82-/m0/s1. The van der Waals surface area contributed by atoms with Gasteiger partial charge in [0.25, 0.3) is 0 Å². The lowest BCUT2D eigenvalue weighted by atomic mass is 9.94. The van der Waals surface area contributed by atoms with E-state index in [9.17, 15) is 101 Å². The summed E-state index contributed by atoms with van der Waals surface area (Å²) in [6, 6.07) is -9.84. The number of aliphatic hydroxyl groups is 1. The number of carbonyl (C=O) groups excluding carboxylic acids is 20. The van der Waals surface area contributed by atoms with Crippen LogP contribution in [-0.2, 0) is 95.9 Å². The molecule has 22 N–H and O–H groups in total. The molecule has 1 aliphatic rings. The molecule has 0 aromatic rings. The number of nitrogens with zero attached hydrogens (tertiary/aromatic N) is 1. The van der Waals surface area contributed by atoms with Gasteiger partial charge in [0.15, 0.2) is 0 Å². The molecule has 1 saturated heterocycles. The monoisotopic (exact) mass is 1750 g/mol. The molecule has 20 amide bonds. The number of amides is 20. The Hall–Kier alpha value is -10.6. The Kier molecular flexibility index (Phi) is 42.4. The molecule has 10 atom stereocenters. The summed E-state index contributed by atoms with van der Waals surface area (Å²) in [5.74, 6) is -16.7. The Bertz CT molecular complexity index is 3840. The van der Waals surface area contributed by atoms with E-state index < -0.39 is 243 Å². The third-order valence-electron chi connectivity index (χ3n) is 20.6. The van der Waals surface area contributed by atoms with Gasteiger partial charge in [-0.2, -0.15) is 0 Å².